The minimum absolute atomic E-state index is 0.145. The Hall–Kier alpha value is -1.56. The Kier molecular flexibility index (Phi) is 6.85. The molecule has 4 aliphatic heterocycles. The molecular formula is C30H44N4O. The Morgan fingerprint density at radius 3 is 2.74 bits per heavy atom. The van der Waals surface area contributed by atoms with Crippen LogP contribution in [0.1, 0.15) is 82.7 Å². The molecule has 5 aliphatic rings. The fourth-order valence-electron chi connectivity index (χ4n) is 8.70. The summed E-state index contributed by atoms with van der Waals surface area (Å²) in [6.45, 7) is 4.72. The molecule has 0 aromatic carbocycles. The van der Waals surface area contributed by atoms with Crippen LogP contribution in [0.4, 0.5) is 0 Å². The Morgan fingerprint density at radius 1 is 0.943 bits per heavy atom. The number of fused-ring (bicyclic) bond motifs is 2. The second-order valence-electron chi connectivity index (χ2n) is 12.1. The average Bonchev–Trinajstić information content (AvgIpc) is 3.13. The second kappa shape index (κ2) is 10.1. The molecule has 190 valence electrons. The number of nitrogens with zero attached hydrogens (tertiary/aromatic N) is 4. The van der Waals surface area contributed by atoms with E-state index in [2.05, 4.69) is 38.0 Å². The van der Waals surface area contributed by atoms with Crippen molar-refractivity contribution in [1.29, 1.82) is 0 Å². The van der Waals surface area contributed by atoms with E-state index >= 15 is 0 Å². The van der Waals surface area contributed by atoms with Crippen LogP contribution in [0.15, 0.2) is 42.4 Å². The van der Waals surface area contributed by atoms with Gasteiger partial charge in [-0.25, -0.2) is 0 Å². The van der Waals surface area contributed by atoms with Crippen LogP contribution >= 0.6 is 0 Å². The fraction of sp³-hybridized carbons (Fsp3) is 0.733. The van der Waals surface area contributed by atoms with E-state index in [0.717, 1.165) is 38.0 Å². The molecule has 2 unspecified atom stereocenters. The maximum absolute atomic E-state index is 12.7. The van der Waals surface area contributed by atoms with Gasteiger partial charge in [0.2, 0.25) is 0 Å². The van der Waals surface area contributed by atoms with Gasteiger partial charge in [0, 0.05) is 49.1 Å². The van der Waals surface area contributed by atoms with Crippen LogP contribution in [0.3, 0.4) is 0 Å². The summed E-state index contributed by atoms with van der Waals surface area (Å²) in [4.78, 5) is 14.6. The zero-order valence-corrected chi connectivity index (χ0v) is 21.5. The Balaban J connectivity index is 1.45. The van der Waals surface area contributed by atoms with Gasteiger partial charge < -0.3 is 10.0 Å². The molecule has 35 heavy (non-hydrogen) atoms. The predicted molar refractivity (Wildman–Crippen MR) is 140 cm³/mol. The third kappa shape index (κ3) is 4.53. The number of hydrogen-bond acceptors (Lipinski definition) is 5. The summed E-state index contributed by atoms with van der Waals surface area (Å²) in [6, 6.07) is 0.868. The van der Waals surface area contributed by atoms with Gasteiger partial charge in [-0.1, -0.05) is 43.1 Å². The first-order chi connectivity index (χ1) is 17.2. The van der Waals surface area contributed by atoms with Crippen LogP contribution in [0.2, 0.25) is 0 Å². The molecule has 1 aromatic heterocycles. The number of hydrogen-bond donors (Lipinski definition) is 1. The van der Waals surface area contributed by atoms with Crippen molar-refractivity contribution in [1.82, 2.24) is 19.8 Å². The monoisotopic (exact) mass is 476 g/mol. The lowest BCUT2D eigenvalue weighted by Crippen LogP contribution is -2.66. The lowest BCUT2D eigenvalue weighted by atomic mass is 9.54. The van der Waals surface area contributed by atoms with Crippen LogP contribution in [-0.2, 0) is 6.42 Å². The van der Waals surface area contributed by atoms with Gasteiger partial charge in [-0.05, 0) is 83.3 Å². The third-order valence-corrected chi connectivity index (χ3v) is 9.94. The zero-order valence-electron chi connectivity index (χ0n) is 21.5. The van der Waals surface area contributed by atoms with E-state index in [1.807, 2.05) is 12.4 Å². The van der Waals surface area contributed by atoms with Crippen LogP contribution in [0, 0.1) is 11.3 Å². The first-order valence-corrected chi connectivity index (χ1v) is 14.5. The maximum atomic E-state index is 12.7. The summed E-state index contributed by atoms with van der Waals surface area (Å²) in [5.74, 6) is 0.542. The number of rotatable bonds is 2. The average molecular weight is 477 g/mol. The number of aliphatic hydroxyl groups is 1. The number of piperidine rings is 1. The lowest BCUT2D eigenvalue weighted by molar-refractivity contribution is -0.0983. The highest BCUT2D eigenvalue weighted by Crippen LogP contribution is 2.60. The minimum Gasteiger partial charge on any atom is -0.384 e. The SMILES string of the molecule is O[C@]12C=C(Cc3cnccn3)[C@@H]3CCN(CCCC/C=C\CC1)C[C@@]31C[C@@H]3CCCCCCN3C12. The quantitative estimate of drug-likeness (QED) is 0.614. The third-order valence-electron chi connectivity index (χ3n) is 9.94. The molecule has 6 rings (SSSR count). The van der Waals surface area contributed by atoms with E-state index in [0.29, 0.717) is 12.0 Å². The molecule has 1 aromatic rings. The summed E-state index contributed by atoms with van der Waals surface area (Å²) in [5, 5.41) is 12.7. The van der Waals surface area contributed by atoms with Crippen LogP contribution < -0.4 is 0 Å². The standard InChI is InChI=1S/C30H44N4O/c35-30-13-8-4-1-2-5-9-16-33-18-12-27(24(20-30)19-25-22-31-14-15-32-25)29(23-33)21-26-11-7-3-6-10-17-34(26)28(29)30/h1,4,14-15,20,22,26-28,35H,2-3,5-13,16-19,21,23H2/b4-1-/t26-,27-,28?,29-,30-/m0/s1. The van der Waals surface area contributed by atoms with Crippen molar-refractivity contribution >= 4 is 0 Å². The second-order valence-corrected chi connectivity index (χ2v) is 12.1. The molecule has 1 N–H and O–H groups in total. The van der Waals surface area contributed by atoms with Gasteiger partial charge in [-0.3, -0.25) is 14.9 Å². The summed E-state index contributed by atoms with van der Waals surface area (Å²) in [5.41, 5.74) is 1.85. The van der Waals surface area contributed by atoms with Crippen molar-refractivity contribution in [3.8, 4) is 0 Å². The molecule has 3 saturated heterocycles. The van der Waals surface area contributed by atoms with Crippen molar-refractivity contribution in [3.05, 3.63) is 48.1 Å². The molecule has 1 spiro atoms. The molecule has 0 amide bonds. The highest BCUT2D eigenvalue weighted by atomic mass is 16.3. The lowest BCUT2D eigenvalue weighted by Gasteiger charge is -2.58. The van der Waals surface area contributed by atoms with Crippen molar-refractivity contribution in [2.24, 2.45) is 11.3 Å². The van der Waals surface area contributed by atoms with E-state index in [9.17, 15) is 5.11 Å². The van der Waals surface area contributed by atoms with Crippen molar-refractivity contribution in [2.45, 2.75) is 101 Å². The van der Waals surface area contributed by atoms with E-state index in [1.54, 1.807) is 6.20 Å². The Labute approximate surface area is 211 Å². The molecule has 0 saturated carbocycles. The smallest absolute Gasteiger partial charge is 0.0994 e. The van der Waals surface area contributed by atoms with E-state index in [4.69, 9.17) is 0 Å². The first-order valence-electron chi connectivity index (χ1n) is 14.5. The summed E-state index contributed by atoms with van der Waals surface area (Å²) < 4.78 is 0. The molecule has 0 radical (unpaired) electrons. The van der Waals surface area contributed by atoms with Crippen LogP contribution in [0.5, 0.6) is 0 Å². The number of aromatic nitrogens is 2. The van der Waals surface area contributed by atoms with Gasteiger partial charge in [0.25, 0.3) is 0 Å². The van der Waals surface area contributed by atoms with Crippen molar-refractivity contribution in [3.63, 3.8) is 0 Å². The minimum atomic E-state index is -0.774. The van der Waals surface area contributed by atoms with Gasteiger partial charge >= 0.3 is 0 Å². The topological polar surface area (TPSA) is 52.5 Å². The van der Waals surface area contributed by atoms with Gasteiger partial charge in [-0.2, -0.15) is 0 Å². The van der Waals surface area contributed by atoms with E-state index < -0.39 is 5.60 Å². The van der Waals surface area contributed by atoms with Crippen molar-refractivity contribution < 1.29 is 5.11 Å². The first kappa shape index (κ1) is 23.8. The zero-order chi connectivity index (χ0) is 23.7. The molecule has 5 heterocycles. The summed E-state index contributed by atoms with van der Waals surface area (Å²) in [7, 11) is 0. The summed E-state index contributed by atoms with van der Waals surface area (Å²) >= 11 is 0. The normalized spacial score (nSPS) is 41.2. The Bertz CT molecular complexity index is 932. The van der Waals surface area contributed by atoms with Gasteiger partial charge in [0.15, 0.2) is 0 Å². The van der Waals surface area contributed by atoms with Gasteiger partial charge in [-0.15, -0.1) is 0 Å². The van der Waals surface area contributed by atoms with Gasteiger partial charge in [0.05, 0.1) is 11.3 Å². The molecular weight excluding hydrogens is 432 g/mol. The number of allylic oxidation sites excluding steroid dienone is 3. The van der Waals surface area contributed by atoms with E-state index in [1.165, 1.54) is 82.9 Å². The predicted octanol–water partition coefficient (Wildman–Crippen LogP) is 4.93. The maximum Gasteiger partial charge on any atom is 0.0994 e. The molecule has 1 aliphatic carbocycles. The van der Waals surface area contributed by atoms with Crippen LogP contribution in [-0.4, -0.2) is 68.7 Å². The largest absolute Gasteiger partial charge is 0.384 e. The molecule has 6 atom stereocenters. The fourth-order valence-corrected chi connectivity index (χ4v) is 8.70. The highest BCUT2D eigenvalue weighted by molar-refractivity contribution is 5.35. The summed E-state index contributed by atoms with van der Waals surface area (Å²) in [6.07, 6.45) is 28.0. The molecule has 5 nitrogen and oxygen atoms in total. The van der Waals surface area contributed by atoms with Crippen molar-refractivity contribution in [2.75, 3.05) is 26.2 Å². The highest BCUT2D eigenvalue weighted by Gasteiger charge is 2.65. The van der Waals surface area contributed by atoms with Crippen LogP contribution in [0.25, 0.3) is 0 Å². The van der Waals surface area contributed by atoms with Gasteiger partial charge in [0.1, 0.15) is 0 Å². The molecule has 3 bridgehead atoms. The van der Waals surface area contributed by atoms with E-state index in [-0.39, 0.29) is 11.5 Å². The molecule has 3 fully saturated rings. The Morgan fingerprint density at radius 2 is 1.83 bits per heavy atom. The molecule has 5 heteroatoms.